The van der Waals surface area contributed by atoms with Crippen LogP contribution < -0.4 is 15.4 Å². The standard InChI is InChI=1S/C27H27ClFN5O4/c1-34(8-9-35)7-2-3-26(36)33-24-12-20-23(13-25(24)38-19-6-10-37-16-19)31-15-17(14-30)27(20)32-18-4-5-22(29)21(28)11-18/h2-5,11-13,15,19,35H,6-10,16H2,1H3,(H,31,32)(H,33,36)/b3-2+. The number of carbonyl (C=O) groups is 1. The van der Waals surface area contributed by atoms with Crippen LogP contribution in [0, 0.1) is 17.1 Å². The largest absolute Gasteiger partial charge is 0.486 e. The van der Waals surface area contributed by atoms with Crippen molar-refractivity contribution in [2.45, 2.75) is 12.5 Å². The molecule has 1 aliphatic heterocycles. The van der Waals surface area contributed by atoms with E-state index in [1.807, 2.05) is 11.9 Å². The fraction of sp³-hybridized carbons (Fsp3) is 0.296. The molecule has 0 spiro atoms. The SMILES string of the molecule is CN(C/C=C/C(=O)Nc1cc2c(Nc3ccc(F)c(Cl)c3)c(C#N)cnc2cc1OC1CCOC1)CCO. The zero-order valence-electron chi connectivity index (χ0n) is 20.7. The van der Waals surface area contributed by atoms with E-state index in [2.05, 4.69) is 21.7 Å². The van der Waals surface area contributed by atoms with Crippen molar-refractivity contribution >= 4 is 45.5 Å². The van der Waals surface area contributed by atoms with Gasteiger partial charge in [0.25, 0.3) is 0 Å². The van der Waals surface area contributed by atoms with Crippen molar-refractivity contribution < 1.29 is 23.8 Å². The summed E-state index contributed by atoms with van der Waals surface area (Å²) in [5, 5.41) is 25.2. The predicted molar refractivity (Wildman–Crippen MR) is 143 cm³/mol. The number of anilines is 3. The number of rotatable bonds is 10. The van der Waals surface area contributed by atoms with Gasteiger partial charge in [-0.15, -0.1) is 0 Å². The van der Waals surface area contributed by atoms with E-state index in [0.29, 0.717) is 66.4 Å². The Morgan fingerprint density at radius 3 is 2.97 bits per heavy atom. The lowest BCUT2D eigenvalue weighted by molar-refractivity contribution is -0.111. The van der Waals surface area contributed by atoms with E-state index in [4.69, 9.17) is 26.2 Å². The van der Waals surface area contributed by atoms with Crippen molar-refractivity contribution in [2.75, 3.05) is 50.6 Å². The van der Waals surface area contributed by atoms with Crippen LogP contribution in [-0.2, 0) is 9.53 Å². The minimum Gasteiger partial charge on any atom is -0.486 e. The number of fused-ring (bicyclic) bond motifs is 1. The Morgan fingerprint density at radius 1 is 1.42 bits per heavy atom. The normalized spacial score (nSPS) is 15.2. The van der Waals surface area contributed by atoms with E-state index >= 15 is 0 Å². The molecule has 3 N–H and O–H groups in total. The highest BCUT2D eigenvalue weighted by atomic mass is 35.5. The molecule has 2 heterocycles. The molecule has 4 rings (SSSR count). The van der Waals surface area contributed by atoms with Gasteiger partial charge in [0.1, 0.15) is 23.7 Å². The van der Waals surface area contributed by atoms with Gasteiger partial charge in [0.05, 0.1) is 47.3 Å². The van der Waals surface area contributed by atoms with Crippen molar-refractivity contribution in [3.8, 4) is 11.8 Å². The highest BCUT2D eigenvalue weighted by Crippen LogP contribution is 2.37. The Morgan fingerprint density at radius 2 is 2.26 bits per heavy atom. The van der Waals surface area contributed by atoms with E-state index in [0.717, 1.165) is 0 Å². The number of ether oxygens (including phenoxy) is 2. The van der Waals surface area contributed by atoms with Crippen molar-refractivity contribution in [1.82, 2.24) is 9.88 Å². The number of hydrogen-bond acceptors (Lipinski definition) is 8. The van der Waals surface area contributed by atoms with Crippen molar-refractivity contribution in [1.29, 1.82) is 5.26 Å². The van der Waals surface area contributed by atoms with Gasteiger partial charge in [-0.1, -0.05) is 17.7 Å². The summed E-state index contributed by atoms with van der Waals surface area (Å²) in [5.41, 5.74) is 2.06. The summed E-state index contributed by atoms with van der Waals surface area (Å²) >= 11 is 5.95. The number of nitrogens with one attached hydrogen (secondary N) is 2. The van der Waals surface area contributed by atoms with Gasteiger partial charge in [0.2, 0.25) is 5.91 Å². The van der Waals surface area contributed by atoms with E-state index < -0.39 is 5.82 Å². The number of halogens is 2. The monoisotopic (exact) mass is 539 g/mol. The van der Waals surface area contributed by atoms with Gasteiger partial charge in [0, 0.05) is 48.9 Å². The molecule has 0 radical (unpaired) electrons. The number of aliphatic hydroxyl groups is 1. The maximum absolute atomic E-state index is 13.7. The zero-order valence-corrected chi connectivity index (χ0v) is 21.5. The molecule has 1 unspecified atom stereocenters. The van der Waals surface area contributed by atoms with Gasteiger partial charge < -0.3 is 30.1 Å². The fourth-order valence-corrected chi connectivity index (χ4v) is 4.09. The first kappa shape index (κ1) is 27.3. The molecule has 1 aromatic heterocycles. The van der Waals surface area contributed by atoms with Gasteiger partial charge in [-0.25, -0.2) is 4.39 Å². The fourth-order valence-electron chi connectivity index (χ4n) is 3.91. The molecule has 0 aliphatic carbocycles. The first-order valence-electron chi connectivity index (χ1n) is 12.0. The molecule has 1 amide bonds. The molecule has 198 valence electrons. The zero-order chi connectivity index (χ0) is 27.1. The summed E-state index contributed by atoms with van der Waals surface area (Å²) in [6.45, 7) is 2.02. The lowest BCUT2D eigenvalue weighted by atomic mass is 10.1. The second kappa shape index (κ2) is 12.7. The summed E-state index contributed by atoms with van der Waals surface area (Å²) in [6.07, 6.45) is 5.06. The third-order valence-electron chi connectivity index (χ3n) is 5.89. The second-order valence-electron chi connectivity index (χ2n) is 8.76. The first-order valence-corrected chi connectivity index (χ1v) is 12.4. The van der Waals surface area contributed by atoms with Gasteiger partial charge in [-0.2, -0.15) is 5.26 Å². The Balaban J connectivity index is 1.71. The summed E-state index contributed by atoms with van der Waals surface area (Å²) in [6, 6.07) is 9.66. The smallest absolute Gasteiger partial charge is 0.248 e. The summed E-state index contributed by atoms with van der Waals surface area (Å²) in [4.78, 5) is 19.0. The Hall–Kier alpha value is -3.75. The molecule has 0 saturated carbocycles. The number of amides is 1. The number of likely N-dealkylation sites (N-methyl/N-ethyl adjacent to an activating group) is 1. The number of benzene rings is 2. The van der Waals surface area contributed by atoms with Gasteiger partial charge in [-0.05, 0) is 31.3 Å². The van der Waals surface area contributed by atoms with Gasteiger partial charge in [0.15, 0.2) is 0 Å². The average Bonchev–Trinajstić information content (AvgIpc) is 3.40. The summed E-state index contributed by atoms with van der Waals surface area (Å²) < 4.78 is 25.3. The molecule has 0 bridgehead atoms. The topological polar surface area (TPSA) is 120 Å². The molecule has 1 atom stereocenters. The minimum absolute atomic E-state index is 0.0262. The first-order chi connectivity index (χ1) is 18.4. The minimum atomic E-state index is -0.560. The van der Waals surface area contributed by atoms with E-state index in [9.17, 15) is 14.4 Å². The Labute approximate surface area is 224 Å². The highest BCUT2D eigenvalue weighted by molar-refractivity contribution is 6.31. The third kappa shape index (κ3) is 6.76. The van der Waals surface area contributed by atoms with Crippen molar-refractivity contribution in [3.05, 3.63) is 65.1 Å². The quantitative estimate of drug-likeness (QED) is 0.327. The highest BCUT2D eigenvalue weighted by Gasteiger charge is 2.21. The van der Waals surface area contributed by atoms with E-state index in [1.165, 1.54) is 30.5 Å². The molecule has 9 nitrogen and oxygen atoms in total. The van der Waals surface area contributed by atoms with Crippen molar-refractivity contribution in [2.24, 2.45) is 0 Å². The molecular formula is C27H27ClFN5O4. The number of carbonyl (C=O) groups excluding carboxylic acids is 1. The average molecular weight is 540 g/mol. The molecule has 2 aromatic carbocycles. The van der Waals surface area contributed by atoms with Gasteiger partial charge >= 0.3 is 0 Å². The molecule has 1 fully saturated rings. The van der Waals surface area contributed by atoms with E-state index in [-0.39, 0.29) is 29.2 Å². The molecule has 3 aromatic rings. The lowest BCUT2D eigenvalue weighted by Gasteiger charge is -2.18. The number of nitrogens with zero attached hydrogens (tertiary/aromatic N) is 3. The van der Waals surface area contributed by atoms with Crippen LogP contribution in [0.25, 0.3) is 10.9 Å². The van der Waals surface area contributed by atoms with Crippen LogP contribution >= 0.6 is 11.6 Å². The Kier molecular flexibility index (Phi) is 9.10. The molecule has 38 heavy (non-hydrogen) atoms. The van der Waals surface area contributed by atoms with Gasteiger partial charge in [-0.3, -0.25) is 9.78 Å². The van der Waals surface area contributed by atoms with E-state index in [1.54, 1.807) is 18.2 Å². The Bertz CT molecular complexity index is 1390. The van der Waals surface area contributed by atoms with Crippen LogP contribution in [0.5, 0.6) is 5.75 Å². The second-order valence-corrected chi connectivity index (χ2v) is 9.17. The number of hydrogen-bond donors (Lipinski definition) is 3. The number of pyridine rings is 1. The van der Waals surface area contributed by atoms with Crippen LogP contribution in [0.1, 0.15) is 12.0 Å². The summed E-state index contributed by atoms with van der Waals surface area (Å²) in [5.74, 6) is -0.519. The van der Waals surface area contributed by atoms with Crippen LogP contribution in [0.2, 0.25) is 5.02 Å². The third-order valence-corrected chi connectivity index (χ3v) is 6.18. The molecule has 1 saturated heterocycles. The predicted octanol–water partition coefficient (Wildman–Crippen LogP) is 4.23. The maximum Gasteiger partial charge on any atom is 0.248 e. The van der Waals surface area contributed by atoms with Crippen LogP contribution in [-0.4, -0.2) is 67.0 Å². The molecule has 11 heteroatoms. The van der Waals surface area contributed by atoms with Crippen LogP contribution in [0.4, 0.5) is 21.5 Å². The van der Waals surface area contributed by atoms with Crippen LogP contribution in [0.15, 0.2) is 48.7 Å². The maximum atomic E-state index is 13.7. The number of aliphatic hydroxyl groups excluding tert-OH is 1. The lowest BCUT2D eigenvalue weighted by Crippen LogP contribution is -2.22. The number of aromatic nitrogens is 1. The molecular weight excluding hydrogens is 513 g/mol. The van der Waals surface area contributed by atoms with Crippen LogP contribution in [0.3, 0.4) is 0 Å². The summed E-state index contributed by atoms with van der Waals surface area (Å²) in [7, 11) is 1.83. The number of nitriles is 1. The molecule has 1 aliphatic rings. The van der Waals surface area contributed by atoms with Crippen molar-refractivity contribution in [3.63, 3.8) is 0 Å².